The number of nitrogens with one attached hydrogen (secondary N) is 1. The van der Waals surface area contributed by atoms with E-state index >= 15 is 0 Å². The van der Waals surface area contributed by atoms with Crippen LogP contribution >= 0.6 is 11.3 Å². The van der Waals surface area contributed by atoms with Crippen molar-refractivity contribution in [1.82, 2.24) is 4.98 Å². The zero-order valence-corrected chi connectivity index (χ0v) is 28.4. The van der Waals surface area contributed by atoms with Gasteiger partial charge in [0, 0.05) is 71.7 Å². The second-order valence-corrected chi connectivity index (χ2v) is 14.5. The molecule has 3 aliphatic rings. The molecule has 0 aliphatic carbocycles. The van der Waals surface area contributed by atoms with Crippen LogP contribution in [-0.4, -0.2) is 55.4 Å². The van der Waals surface area contributed by atoms with Crippen LogP contribution in [0.4, 0.5) is 21.6 Å². The molecule has 0 saturated carbocycles. The number of pyridine rings is 1. The molecule has 3 aliphatic heterocycles. The summed E-state index contributed by atoms with van der Waals surface area (Å²) in [7, 11) is 0. The van der Waals surface area contributed by atoms with Gasteiger partial charge in [-0.1, -0.05) is 30.3 Å². The Balaban J connectivity index is 1.00. The van der Waals surface area contributed by atoms with E-state index in [-0.39, 0.29) is 23.0 Å². The molecule has 2 saturated heterocycles. The average Bonchev–Trinajstić information content (AvgIpc) is 3.49. The summed E-state index contributed by atoms with van der Waals surface area (Å²) in [4.78, 5) is 50.7. The number of hydrogen-bond acceptors (Lipinski definition) is 7. The molecule has 252 valence electrons. The lowest BCUT2D eigenvalue weighted by Crippen LogP contribution is -2.59. The Hall–Kier alpha value is -5.19. The van der Waals surface area contributed by atoms with Gasteiger partial charge in [0.15, 0.2) is 0 Å². The minimum atomic E-state index is -0.452. The van der Waals surface area contributed by atoms with Crippen molar-refractivity contribution in [2.75, 3.05) is 48.0 Å². The number of carbonyl (C=O) groups excluding carboxylic acids is 3. The molecule has 1 spiro atoms. The van der Waals surface area contributed by atoms with Gasteiger partial charge in [-0.25, -0.2) is 9.37 Å². The van der Waals surface area contributed by atoms with Crippen LogP contribution in [0.25, 0.3) is 10.4 Å². The minimum Gasteiger partial charge on any atom is -0.381 e. The summed E-state index contributed by atoms with van der Waals surface area (Å²) < 4.78 is 20.2. The Morgan fingerprint density at radius 1 is 0.920 bits per heavy atom. The van der Waals surface area contributed by atoms with Gasteiger partial charge < -0.3 is 19.9 Å². The summed E-state index contributed by atoms with van der Waals surface area (Å²) in [5.41, 5.74) is 5.31. The van der Waals surface area contributed by atoms with E-state index in [0.29, 0.717) is 57.3 Å². The molecule has 2 aromatic heterocycles. The van der Waals surface area contributed by atoms with Crippen molar-refractivity contribution in [3.8, 4) is 10.4 Å². The van der Waals surface area contributed by atoms with Crippen molar-refractivity contribution in [3.63, 3.8) is 0 Å². The summed E-state index contributed by atoms with van der Waals surface area (Å²) in [6, 6.07) is 24.1. The Morgan fingerprint density at radius 2 is 1.68 bits per heavy atom. The van der Waals surface area contributed by atoms with E-state index in [4.69, 9.17) is 4.74 Å². The molecule has 0 unspecified atom stereocenters. The largest absolute Gasteiger partial charge is 0.381 e. The topological polar surface area (TPSA) is 91.8 Å². The molecular weight excluding hydrogens is 652 g/mol. The fraction of sp³-hybridized carbons (Fsp3) is 0.250. The molecule has 5 aromatic rings. The second-order valence-electron chi connectivity index (χ2n) is 13.4. The maximum Gasteiger partial charge on any atom is 0.259 e. The highest BCUT2D eigenvalue weighted by Crippen LogP contribution is 2.44. The number of carbonyl (C=O) groups is 3. The van der Waals surface area contributed by atoms with Crippen LogP contribution in [0, 0.1) is 18.2 Å². The number of halogens is 1. The van der Waals surface area contributed by atoms with Crippen LogP contribution < -0.4 is 15.1 Å². The number of aryl methyl sites for hydroxylation is 1. The van der Waals surface area contributed by atoms with Crippen molar-refractivity contribution in [3.05, 3.63) is 130 Å². The van der Waals surface area contributed by atoms with Gasteiger partial charge in [0.2, 0.25) is 5.78 Å². The quantitative estimate of drug-likeness (QED) is 0.186. The molecular formula is C40H35FN4O4S. The normalized spacial score (nSPS) is 16.2. The van der Waals surface area contributed by atoms with Crippen molar-refractivity contribution >= 4 is 46.1 Å². The van der Waals surface area contributed by atoms with E-state index in [2.05, 4.69) is 15.2 Å². The Morgan fingerprint density at radius 3 is 2.44 bits per heavy atom. The van der Waals surface area contributed by atoms with Gasteiger partial charge in [0.25, 0.3) is 11.8 Å². The first-order valence-electron chi connectivity index (χ1n) is 16.8. The number of rotatable bonds is 6. The molecule has 0 bridgehead atoms. The highest BCUT2D eigenvalue weighted by atomic mass is 32.1. The first kappa shape index (κ1) is 32.0. The van der Waals surface area contributed by atoms with Gasteiger partial charge in [-0.2, -0.15) is 0 Å². The Labute approximate surface area is 293 Å². The number of ketones is 1. The van der Waals surface area contributed by atoms with Crippen LogP contribution in [0.2, 0.25) is 0 Å². The molecule has 0 atom stereocenters. The van der Waals surface area contributed by atoms with Crippen LogP contribution in [0.5, 0.6) is 0 Å². The monoisotopic (exact) mass is 686 g/mol. The maximum atomic E-state index is 14.7. The van der Waals surface area contributed by atoms with Crippen molar-refractivity contribution in [2.45, 2.75) is 26.2 Å². The Kier molecular flexibility index (Phi) is 8.28. The molecule has 5 heterocycles. The van der Waals surface area contributed by atoms with Gasteiger partial charge in [-0.15, -0.1) is 11.3 Å². The van der Waals surface area contributed by atoms with E-state index in [1.807, 2.05) is 37.3 Å². The van der Waals surface area contributed by atoms with Crippen molar-refractivity contribution in [1.29, 1.82) is 0 Å². The molecule has 10 heteroatoms. The van der Waals surface area contributed by atoms with Crippen LogP contribution in [0.3, 0.4) is 0 Å². The molecule has 8 rings (SSSR count). The maximum absolute atomic E-state index is 14.7. The summed E-state index contributed by atoms with van der Waals surface area (Å²) in [6.07, 6.45) is 4.33. The third-order valence-electron chi connectivity index (χ3n) is 9.96. The van der Waals surface area contributed by atoms with Gasteiger partial charge in [-0.05, 0) is 91.9 Å². The number of nitrogens with zero attached hydrogens (tertiary/aromatic N) is 3. The lowest BCUT2D eigenvalue weighted by molar-refractivity contribution is -0.000511. The van der Waals surface area contributed by atoms with Crippen LogP contribution in [-0.2, 0) is 11.2 Å². The minimum absolute atomic E-state index is 0.0637. The van der Waals surface area contributed by atoms with Gasteiger partial charge in [0.05, 0.1) is 16.1 Å². The zero-order valence-electron chi connectivity index (χ0n) is 27.6. The molecule has 2 amide bonds. The van der Waals surface area contributed by atoms with E-state index in [1.54, 1.807) is 53.6 Å². The fourth-order valence-electron chi connectivity index (χ4n) is 7.24. The van der Waals surface area contributed by atoms with Gasteiger partial charge in [-0.3, -0.25) is 14.4 Å². The van der Waals surface area contributed by atoms with Crippen LogP contribution in [0.15, 0.2) is 91.1 Å². The number of aromatic nitrogens is 1. The lowest BCUT2D eigenvalue weighted by atomic mass is 9.73. The van der Waals surface area contributed by atoms with E-state index in [9.17, 15) is 18.8 Å². The number of amides is 2. The number of thiophene rings is 1. The summed E-state index contributed by atoms with van der Waals surface area (Å²) in [5.74, 6) is -0.390. The van der Waals surface area contributed by atoms with Crippen molar-refractivity contribution < 1.29 is 23.5 Å². The lowest BCUT2D eigenvalue weighted by Gasteiger charge is -2.53. The molecule has 0 radical (unpaired) electrons. The Bertz CT molecular complexity index is 2120. The fourth-order valence-corrected chi connectivity index (χ4v) is 8.44. The summed E-state index contributed by atoms with van der Waals surface area (Å²) in [6.45, 7) is 5.48. The predicted molar refractivity (Wildman–Crippen MR) is 193 cm³/mol. The molecule has 50 heavy (non-hydrogen) atoms. The average molecular weight is 687 g/mol. The van der Waals surface area contributed by atoms with Gasteiger partial charge in [0.1, 0.15) is 11.6 Å². The van der Waals surface area contributed by atoms with E-state index < -0.39 is 5.82 Å². The first-order chi connectivity index (χ1) is 24.3. The van der Waals surface area contributed by atoms with E-state index in [0.717, 1.165) is 55.1 Å². The molecule has 2 fully saturated rings. The number of hydrogen-bond donors (Lipinski definition) is 1. The zero-order chi connectivity index (χ0) is 34.4. The van der Waals surface area contributed by atoms with E-state index in [1.165, 1.54) is 23.5 Å². The summed E-state index contributed by atoms with van der Waals surface area (Å²) >= 11 is 1.37. The van der Waals surface area contributed by atoms with Crippen molar-refractivity contribution in [2.24, 2.45) is 5.41 Å². The number of benzene rings is 3. The third kappa shape index (κ3) is 5.99. The highest BCUT2D eigenvalue weighted by Gasteiger charge is 2.45. The number of fused-ring (bicyclic) bond motifs is 3. The molecule has 8 nitrogen and oxygen atoms in total. The number of ether oxygens (including phenoxy) is 1. The predicted octanol–water partition coefficient (Wildman–Crippen LogP) is 7.56. The second kappa shape index (κ2) is 12.9. The first-order valence-corrected chi connectivity index (χ1v) is 17.6. The SMILES string of the molecule is Cc1cnc(N2CC3(CCOCC3)C2)c(C(=O)Nc2ccc(C(=O)N3CCc4cc(C(=O)c5ccccc5)sc4-c4ccc(F)cc43)cc2)c1. The molecule has 1 N–H and O–H groups in total. The molecule has 3 aromatic carbocycles. The highest BCUT2D eigenvalue weighted by molar-refractivity contribution is 7.17. The van der Waals surface area contributed by atoms with Gasteiger partial charge >= 0.3 is 0 Å². The summed E-state index contributed by atoms with van der Waals surface area (Å²) in [5, 5.41) is 2.99. The smallest absolute Gasteiger partial charge is 0.259 e. The number of anilines is 3. The third-order valence-corrected chi connectivity index (χ3v) is 11.2. The standard InChI is InChI=1S/C40H35FN4O4S/c1-25-19-32(37(42-22-25)44-23-40(24-44)14-17-49-18-15-40)38(47)43-30-10-7-27(8-11-30)39(48)45-16-13-28-20-34(35(46)26-5-3-2-4-6-26)50-36(28)31-12-9-29(41)21-33(31)45/h2-12,19-22H,13-18,23-24H2,1H3,(H,43,47). The van der Waals surface area contributed by atoms with Crippen LogP contribution in [0.1, 0.15) is 59.9 Å².